The van der Waals surface area contributed by atoms with E-state index in [2.05, 4.69) is 10.6 Å². The maximum atomic E-state index is 12.9. The molecule has 0 saturated carbocycles. The first kappa shape index (κ1) is 19.4. The Hall–Kier alpha value is -3.35. The third-order valence-electron chi connectivity index (χ3n) is 4.85. The van der Waals surface area contributed by atoms with E-state index in [-0.39, 0.29) is 6.54 Å². The second kappa shape index (κ2) is 7.72. The van der Waals surface area contributed by atoms with Crippen molar-refractivity contribution in [2.45, 2.75) is 25.9 Å². The van der Waals surface area contributed by atoms with Crippen molar-refractivity contribution < 1.29 is 19.1 Å². The average Bonchev–Trinajstić information content (AvgIpc) is 2.91. The first-order chi connectivity index (χ1) is 13.3. The van der Waals surface area contributed by atoms with Crippen LogP contribution in [0.15, 0.2) is 48.5 Å². The number of amides is 4. The molecule has 146 valence electrons. The summed E-state index contributed by atoms with van der Waals surface area (Å²) in [6.45, 7) is 3.55. The van der Waals surface area contributed by atoms with Gasteiger partial charge in [-0.3, -0.25) is 14.5 Å². The lowest BCUT2D eigenvalue weighted by atomic mass is 9.91. The fourth-order valence-electron chi connectivity index (χ4n) is 3.07. The first-order valence-electron chi connectivity index (χ1n) is 8.94. The molecule has 7 heteroatoms. The number of hydrogen-bond acceptors (Lipinski definition) is 4. The fraction of sp³-hybridized carbons (Fsp3) is 0.286. The van der Waals surface area contributed by atoms with Crippen molar-refractivity contribution in [1.29, 1.82) is 0 Å². The Labute approximate surface area is 163 Å². The lowest BCUT2D eigenvalue weighted by molar-refractivity contribution is -0.134. The van der Waals surface area contributed by atoms with Crippen LogP contribution in [0.1, 0.15) is 23.6 Å². The van der Waals surface area contributed by atoms with Gasteiger partial charge in [-0.05, 0) is 37.1 Å². The number of nitrogens with one attached hydrogen (secondary N) is 2. The second-order valence-electron chi connectivity index (χ2n) is 6.94. The van der Waals surface area contributed by atoms with Gasteiger partial charge in [0.1, 0.15) is 17.8 Å². The van der Waals surface area contributed by atoms with E-state index in [0.717, 1.165) is 21.8 Å². The average molecular weight is 381 g/mol. The summed E-state index contributed by atoms with van der Waals surface area (Å²) in [7, 11) is 1.58. The number of benzene rings is 2. The Kier molecular flexibility index (Phi) is 5.35. The molecule has 0 spiro atoms. The highest BCUT2D eigenvalue weighted by molar-refractivity contribution is 6.09. The Bertz CT molecular complexity index is 893. The van der Waals surface area contributed by atoms with Crippen molar-refractivity contribution in [3.8, 4) is 5.75 Å². The molecule has 0 aromatic heterocycles. The number of carbonyl (C=O) groups excluding carboxylic acids is 3. The zero-order valence-electron chi connectivity index (χ0n) is 16.1. The molecule has 3 rings (SSSR count). The molecule has 4 amide bonds. The topological polar surface area (TPSA) is 87.7 Å². The summed E-state index contributed by atoms with van der Waals surface area (Å²) in [5.41, 5.74) is 1.44. The van der Waals surface area contributed by atoms with Crippen molar-refractivity contribution >= 4 is 17.8 Å². The second-order valence-corrected chi connectivity index (χ2v) is 6.94. The van der Waals surface area contributed by atoms with Crippen molar-refractivity contribution in [3.63, 3.8) is 0 Å². The molecular weight excluding hydrogens is 358 g/mol. The number of hydrogen-bond donors (Lipinski definition) is 2. The quantitative estimate of drug-likeness (QED) is 0.750. The largest absolute Gasteiger partial charge is 0.497 e. The zero-order chi connectivity index (χ0) is 20.3. The predicted octanol–water partition coefficient (Wildman–Crippen LogP) is 2.09. The molecule has 0 radical (unpaired) electrons. The number of methoxy groups -OCH3 is 1. The van der Waals surface area contributed by atoms with Crippen LogP contribution in [-0.4, -0.2) is 36.4 Å². The normalized spacial score (nSPS) is 18.8. The minimum Gasteiger partial charge on any atom is -0.497 e. The van der Waals surface area contributed by atoms with Crippen LogP contribution in [0.5, 0.6) is 5.75 Å². The molecule has 1 fully saturated rings. The summed E-state index contributed by atoms with van der Waals surface area (Å²) < 4.78 is 5.09. The lowest BCUT2D eigenvalue weighted by Gasteiger charge is -2.22. The Morgan fingerprint density at radius 1 is 1.11 bits per heavy atom. The van der Waals surface area contributed by atoms with Crippen molar-refractivity contribution in [2.24, 2.45) is 0 Å². The fourth-order valence-corrected chi connectivity index (χ4v) is 3.07. The highest BCUT2D eigenvalue weighted by atomic mass is 16.5. The van der Waals surface area contributed by atoms with Crippen LogP contribution < -0.4 is 15.4 Å². The van der Waals surface area contributed by atoms with Gasteiger partial charge in [0.25, 0.3) is 5.91 Å². The van der Waals surface area contributed by atoms with Crippen LogP contribution in [0.25, 0.3) is 0 Å². The van der Waals surface area contributed by atoms with Gasteiger partial charge in [-0.1, -0.05) is 42.0 Å². The van der Waals surface area contributed by atoms with E-state index in [9.17, 15) is 14.4 Å². The maximum Gasteiger partial charge on any atom is 0.325 e. The number of nitrogens with zero attached hydrogens (tertiary/aromatic N) is 1. The molecule has 1 aliphatic rings. The SMILES string of the molecule is COc1ccc(CNC(=O)CN2C(=O)NC(C)(c3ccc(C)cc3)C2=O)cc1. The van der Waals surface area contributed by atoms with Gasteiger partial charge in [0.05, 0.1) is 7.11 Å². The lowest BCUT2D eigenvalue weighted by Crippen LogP contribution is -2.43. The highest BCUT2D eigenvalue weighted by Crippen LogP contribution is 2.28. The summed E-state index contributed by atoms with van der Waals surface area (Å²) in [5.74, 6) is -0.127. The first-order valence-corrected chi connectivity index (χ1v) is 8.94. The van der Waals surface area contributed by atoms with Gasteiger partial charge >= 0.3 is 6.03 Å². The monoisotopic (exact) mass is 381 g/mol. The van der Waals surface area contributed by atoms with Crippen molar-refractivity contribution in [1.82, 2.24) is 15.5 Å². The van der Waals surface area contributed by atoms with Gasteiger partial charge in [-0.25, -0.2) is 4.79 Å². The molecule has 2 aromatic rings. The number of aryl methyl sites for hydroxylation is 1. The van der Waals surface area contributed by atoms with E-state index < -0.39 is 23.4 Å². The molecule has 7 nitrogen and oxygen atoms in total. The van der Waals surface area contributed by atoms with E-state index in [1.165, 1.54) is 0 Å². The van der Waals surface area contributed by atoms with E-state index >= 15 is 0 Å². The Balaban J connectivity index is 1.63. The number of carbonyl (C=O) groups is 3. The Morgan fingerprint density at radius 3 is 2.36 bits per heavy atom. The van der Waals surface area contributed by atoms with E-state index in [1.807, 2.05) is 31.2 Å². The molecular formula is C21H23N3O4. The molecule has 1 unspecified atom stereocenters. The van der Waals surface area contributed by atoms with Gasteiger partial charge < -0.3 is 15.4 Å². The van der Waals surface area contributed by atoms with Crippen molar-refractivity contribution in [2.75, 3.05) is 13.7 Å². The smallest absolute Gasteiger partial charge is 0.325 e. The molecule has 0 bridgehead atoms. The number of urea groups is 1. The van der Waals surface area contributed by atoms with E-state index in [4.69, 9.17) is 4.74 Å². The molecule has 1 aliphatic heterocycles. The van der Waals surface area contributed by atoms with Gasteiger partial charge in [0, 0.05) is 6.54 Å². The number of ether oxygens (including phenoxy) is 1. The summed E-state index contributed by atoms with van der Waals surface area (Å²) in [5, 5.41) is 5.43. The van der Waals surface area contributed by atoms with Gasteiger partial charge in [-0.15, -0.1) is 0 Å². The molecule has 1 saturated heterocycles. The minimum atomic E-state index is -1.18. The van der Waals surface area contributed by atoms with Crippen LogP contribution in [-0.2, 0) is 21.7 Å². The highest BCUT2D eigenvalue weighted by Gasteiger charge is 2.49. The number of rotatable bonds is 6. The summed E-state index contributed by atoms with van der Waals surface area (Å²) >= 11 is 0. The third kappa shape index (κ3) is 3.83. The summed E-state index contributed by atoms with van der Waals surface area (Å²) in [4.78, 5) is 38.4. The minimum absolute atomic E-state index is 0.293. The molecule has 2 N–H and O–H groups in total. The molecule has 0 aliphatic carbocycles. The standard InChI is InChI=1S/C21H23N3O4/c1-14-4-8-16(9-5-14)21(2)19(26)24(20(27)23-21)13-18(25)22-12-15-6-10-17(28-3)11-7-15/h4-11H,12-13H2,1-3H3,(H,22,25)(H,23,27). The van der Waals surface area contributed by atoms with Crippen LogP contribution in [0.2, 0.25) is 0 Å². The van der Waals surface area contributed by atoms with Gasteiger partial charge in [0.2, 0.25) is 5.91 Å². The van der Waals surface area contributed by atoms with E-state index in [1.54, 1.807) is 38.3 Å². The van der Waals surface area contributed by atoms with E-state index in [0.29, 0.717) is 12.1 Å². The van der Waals surface area contributed by atoms with Crippen LogP contribution in [0.4, 0.5) is 4.79 Å². The van der Waals surface area contributed by atoms with Crippen molar-refractivity contribution in [3.05, 3.63) is 65.2 Å². The van der Waals surface area contributed by atoms with Gasteiger partial charge in [-0.2, -0.15) is 0 Å². The van der Waals surface area contributed by atoms with Crippen LogP contribution in [0, 0.1) is 6.92 Å². The Morgan fingerprint density at radius 2 is 1.75 bits per heavy atom. The zero-order valence-corrected chi connectivity index (χ0v) is 16.1. The molecule has 1 heterocycles. The van der Waals surface area contributed by atoms with Crippen LogP contribution in [0.3, 0.4) is 0 Å². The van der Waals surface area contributed by atoms with Gasteiger partial charge in [0.15, 0.2) is 0 Å². The maximum absolute atomic E-state index is 12.9. The molecule has 28 heavy (non-hydrogen) atoms. The number of imide groups is 1. The third-order valence-corrected chi connectivity index (χ3v) is 4.85. The van der Waals surface area contributed by atoms with Crippen LogP contribution >= 0.6 is 0 Å². The predicted molar refractivity (Wildman–Crippen MR) is 104 cm³/mol. The summed E-state index contributed by atoms with van der Waals surface area (Å²) in [6, 6.07) is 14.1. The molecule has 1 atom stereocenters. The summed E-state index contributed by atoms with van der Waals surface area (Å²) in [6.07, 6.45) is 0. The molecule has 2 aromatic carbocycles.